The molecule has 0 fully saturated rings. The van der Waals surface area contributed by atoms with Gasteiger partial charge >= 0.3 is 0 Å². The molecule has 2 heterocycles. The quantitative estimate of drug-likeness (QED) is 0.435. The largest absolute Gasteiger partial charge is 0.497 e. The number of hydrogen-bond acceptors (Lipinski definition) is 4. The average Bonchev–Trinajstić information content (AvgIpc) is 3.40. The second kappa shape index (κ2) is 10.4. The Balaban J connectivity index is 1.54. The van der Waals surface area contributed by atoms with Gasteiger partial charge in [0.1, 0.15) is 11.5 Å². The molecule has 0 aliphatic heterocycles. The highest BCUT2D eigenvalue weighted by Gasteiger charge is 2.02. The molecule has 0 aliphatic rings. The number of furan rings is 1. The van der Waals surface area contributed by atoms with E-state index < -0.39 is 0 Å². The molecule has 1 aromatic carbocycles. The Morgan fingerprint density at radius 3 is 2.52 bits per heavy atom. The number of thiophene rings is 1. The van der Waals surface area contributed by atoms with Crippen molar-refractivity contribution in [3.05, 3.63) is 76.4 Å². The first-order valence-electron chi connectivity index (χ1n) is 9.03. The van der Waals surface area contributed by atoms with E-state index in [1.165, 1.54) is 4.88 Å². The Morgan fingerprint density at radius 2 is 1.85 bits per heavy atom. The maximum absolute atomic E-state index is 5.39. The lowest BCUT2D eigenvalue weighted by Gasteiger charge is -2.12. The lowest BCUT2D eigenvalue weighted by Crippen LogP contribution is -2.39. The van der Waals surface area contributed by atoms with E-state index in [4.69, 9.17) is 14.1 Å². The van der Waals surface area contributed by atoms with E-state index in [1.807, 2.05) is 36.4 Å². The van der Waals surface area contributed by atoms with Crippen molar-refractivity contribution in [1.82, 2.24) is 10.6 Å². The first-order chi connectivity index (χ1) is 13.3. The molecule has 27 heavy (non-hydrogen) atoms. The highest BCUT2D eigenvalue weighted by Crippen LogP contribution is 2.12. The van der Waals surface area contributed by atoms with E-state index in [9.17, 15) is 0 Å². The van der Waals surface area contributed by atoms with E-state index in [2.05, 4.69) is 28.1 Å². The van der Waals surface area contributed by atoms with Crippen molar-refractivity contribution in [2.45, 2.75) is 19.4 Å². The number of rotatable bonds is 9. The summed E-state index contributed by atoms with van der Waals surface area (Å²) >= 11 is 1.78. The Hall–Kier alpha value is -2.73. The molecule has 2 aromatic heterocycles. The minimum absolute atomic E-state index is 0.610. The van der Waals surface area contributed by atoms with Gasteiger partial charge in [0.05, 0.1) is 19.9 Å². The number of hydrogen-bond donors (Lipinski definition) is 2. The van der Waals surface area contributed by atoms with Gasteiger partial charge in [0, 0.05) is 24.4 Å². The average molecular weight is 384 g/mol. The van der Waals surface area contributed by atoms with Gasteiger partial charge in [-0.25, -0.2) is 4.99 Å². The molecule has 0 spiro atoms. The number of nitrogens with zero attached hydrogens (tertiary/aromatic N) is 1. The highest BCUT2D eigenvalue weighted by atomic mass is 32.1. The second-order valence-electron chi connectivity index (χ2n) is 6.03. The Bertz CT molecular complexity index is 754. The first kappa shape index (κ1) is 19.0. The van der Waals surface area contributed by atoms with Crippen molar-refractivity contribution in [2.75, 3.05) is 20.2 Å². The second-order valence-corrected chi connectivity index (χ2v) is 7.06. The zero-order valence-electron chi connectivity index (χ0n) is 15.5. The maximum atomic E-state index is 5.39. The third kappa shape index (κ3) is 6.49. The summed E-state index contributed by atoms with van der Waals surface area (Å²) in [6, 6.07) is 16.1. The van der Waals surface area contributed by atoms with Crippen LogP contribution >= 0.6 is 11.3 Å². The van der Waals surface area contributed by atoms with Crippen molar-refractivity contribution < 1.29 is 9.15 Å². The predicted molar refractivity (Wildman–Crippen MR) is 111 cm³/mol. The fourth-order valence-corrected chi connectivity index (χ4v) is 3.30. The molecular formula is C21H25N3O2S. The fraction of sp³-hybridized carbons (Fsp3) is 0.286. The first-order valence-corrected chi connectivity index (χ1v) is 9.91. The van der Waals surface area contributed by atoms with Crippen molar-refractivity contribution in [3.8, 4) is 5.75 Å². The number of benzene rings is 1. The fourth-order valence-electron chi connectivity index (χ4n) is 2.59. The molecule has 2 N–H and O–H groups in total. The number of guanidine groups is 1. The minimum atomic E-state index is 0.610. The third-order valence-electron chi connectivity index (χ3n) is 4.07. The zero-order valence-corrected chi connectivity index (χ0v) is 16.3. The summed E-state index contributed by atoms with van der Waals surface area (Å²) in [7, 11) is 1.67. The van der Waals surface area contributed by atoms with Crippen LogP contribution in [0.5, 0.6) is 5.75 Å². The lowest BCUT2D eigenvalue weighted by atomic mass is 10.2. The molecule has 6 heteroatoms. The van der Waals surface area contributed by atoms with Crippen LogP contribution in [-0.4, -0.2) is 26.2 Å². The Labute approximate surface area is 164 Å². The van der Waals surface area contributed by atoms with Gasteiger partial charge in [0.15, 0.2) is 5.96 Å². The molecular weight excluding hydrogens is 358 g/mol. The predicted octanol–water partition coefficient (Wildman–Crippen LogP) is 3.87. The van der Waals surface area contributed by atoms with E-state index in [-0.39, 0.29) is 0 Å². The summed E-state index contributed by atoms with van der Waals surface area (Å²) in [6.45, 7) is 2.22. The minimum Gasteiger partial charge on any atom is -0.497 e. The number of nitrogens with one attached hydrogen (secondary N) is 2. The van der Waals surface area contributed by atoms with Crippen molar-refractivity contribution in [1.29, 1.82) is 0 Å². The van der Waals surface area contributed by atoms with Crippen LogP contribution in [0, 0.1) is 0 Å². The van der Waals surface area contributed by atoms with Gasteiger partial charge in [-0.05, 0) is 47.7 Å². The Morgan fingerprint density at radius 1 is 1.04 bits per heavy atom. The summed E-state index contributed by atoms with van der Waals surface area (Å²) in [5.41, 5.74) is 1.14. The molecule has 0 aliphatic carbocycles. The number of ether oxygens (including phenoxy) is 1. The molecule has 0 unspecified atom stereocenters. The van der Waals surface area contributed by atoms with Crippen LogP contribution < -0.4 is 15.4 Å². The van der Waals surface area contributed by atoms with E-state index in [0.717, 1.165) is 49.0 Å². The van der Waals surface area contributed by atoms with Gasteiger partial charge in [-0.2, -0.15) is 0 Å². The summed E-state index contributed by atoms with van der Waals surface area (Å²) in [5, 5.41) is 8.92. The maximum Gasteiger partial charge on any atom is 0.191 e. The van der Waals surface area contributed by atoms with Crippen LogP contribution in [0.15, 0.2) is 69.6 Å². The van der Waals surface area contributed by atoms with Gasteiger partial charge < -0.3 is 19.8 Å². The molecule has 0 saturated carbocycles. The van der Waals surface area contributed by atoms with Crippen LogP contribution in [0.2, 0.25) is 0 Å². The molecule has 0 radical (unpaired) electrons. The summed E-state index contributed by atoms with van der Waals surface area (Å²) in [5.74, 6) is 2.64. The van der Waals surface area contributed by atoms with Gasteiger partial charge in [-0.15, -0.1) is 11.3 Å². The van der Waals surface area contributed by atoms with Crippen LogP contribution in [0.25, 0.3) is 0 Å². The standard InChI is InChI=1S/C21H25N3O2S/c1-25-18-8-6-17(7-9-18)16-24-21(22-12-10-19-4-2-14-26-19)23-13-11-20-5-3-15-27-20/h2-9,14-15H,10-13,16H2,1H3,(H2,22,23,24). The van der Waals surface area contributed by atoms with Gasteiger partial charge in [0.2, 0.25) is 0 Å². The highest BCUT2D eigenvalue weighted by molar-refractivity contribution is 7.09. The molecule has 0 saturated heterocycles. The lowest BCUT2D eigenvalue weighted by molar-refractivity contribution is 0.414. The molecule has 0 amide bonds. The van der Waals surface area contributed by atoms with Crippen LogP contribution in [0.1, 0.15) is 16.2 Å². The van der Waals surface area contributed by atoms with Crippen LogP contribution in [0.3, 0.4) is 0 Å². The summed E-state index contributed by atoms with van der Waals surface area (Å²) in [6.07, 6.45) is 3.51. The zero-order chi connectivity index (χ0) is 18.7. The number of methoxy groups -OCH3 is 1. The van der Waals surface area contributed by atoms with Crippen molar-refractivity contribution in [3.63, 3.8) is 0 Å². The van der Waals surface area contributed by atoms with Crippen molar-refractivity contribution >= 4 is 17.3 Å². The third-order valence-corrected chi connectivity index (χ3v) is 5.00. The van der Waals surface area contributed by atoms with Gasteiger partial charge in [0.25, 0.3) is 0 Å². The summed E-state index contributed by atoms with van der Waals surface area (Å²) < 4.78 is 10.6. The molecule has 3 rings (SSSR count). The molecule has 142 valence electrons. The monoisotopic (exact) mass is 383 g/mol. The Kier molecular flexibility index (Phi) is 7.35. The molecule has 5 nitrogen and oxygen atoms in total. The summed E-state index contributed by atoms with van der Waals surface area (Å²) in [4.78, 5) is 6.08. The number of aliphatic imine (C=N–C) groups is 1. The normalized spacial score (nSPS) is 11.4. The van der Waals surface area contributed by atoms with E-state index >= 15 is 0 Å². The molecule has 0 bridgehead atoms. The SMILES string of the molecule is COc1ccc(CN=C(NCCc2ccco2)NCCc2cccs2)cc1. The van der Waals surface area contributed by atoms with Crippen LogP contribution in [0.4, 0.5) is 0 Å². The van der Waals surface area contributed by atoms with Crippen molar-refractivity contribution in [2.24, 2.45) is 4.99 Å². The van der Waals surface area contributed by atoms with Crippen LogP contribution in [-0.2, 0) is 19.4 Å². The van der Waals surface area contributed by atoms with Gasteiger partial charge in [-0.3, -0.25) is 0 Å². The smallest absolute Gasteiger partial charge is 0.191 e. The van der Waals surface area contributed by atoms with Gasteiger partial charge in [-0.1, -0.05) is 18.2 Å². The topological polar surface area (TPSA) is 58.8 Å². The molecule has 3 aromatic rings. The molecule has 0 atom stereocenters. The van der Waals surface area contributed by atoms with E-state index in [0.29, 0.717) is 6.54 Å². The van der Waals surface area contributed by atoms with E-state index in [1.54, 1.807) is 24.7 Å².